The molecule has 5 amide bonds. The molecule has 3 saturated carbocycles. The van der Waals surface area contributed by atoms with Gasteiger partial charge in [-0.05, 0) is 53.8 Å². The third kappa shape index (κ3) is 7.02. The Hall–Kier alpha value is -2.69. The molecule has 0 aromatic rings. The number of hydrogen-bond donors (Lipinski definition) is 4. The molecule has 3 aliphatic carbocycles. The highest BCUT2D eigenvalue weighted by Gasteiger charge is 2.70. The number of rotatable bonds is 13. The van der Waals surface area contributed by atoms with Gasteiger partial charge in [0.1, 0.15) is 12.1 Å². The molecule has 1 saturated heterocycles. The van der Waals surface area contributed by atoms with Crippen molar-refractivity contribution in [2.75, 3.05) is 20.3 Å². The van der Waals surface area contributed by atoms with E-state index in [0.717, 1.165) is 51.4 Å². The molecule has 0 radical (unpaired) electrons. The van der Waals surface area contributed by atoms with Gasteiger partial charge in [0, 0.05) is 13.7 Å². The first-order valence-corrected chi connectivity index (χ1v) is 16.2. The molecule has 11 nitrogen and oxygen atoms in total. The van der Waals surface area contributed by atoms with Crippen LogP contribution >= 0.6 is 0 Å². The second kappa shape index (κ2) is 13.1. The van der Waals surface area contributed by atoms with Crippen LogP contribution in [-0.4, -0.2) is 78.9 Å². The average molecular weight is 604 g/mol. The molecule has 5 N–H and O–H groups in total. The Kier molecular flexibility index (Phi) is 10.1. The minimum absolute atomic E-state index is 0.0786. The molecule has 1 heterocycles. The van der Waals surface area contributed by atoms with E-state index < -0.39 is 47.2 Å². The first kappa shape index (κ1) is 33.2. The molecule has 0 aromatic carbocycles. The fourth-order valence-corrected chi connectivity index (χ4v) is 7.80. The molecule has 43 heavy (non-hydrogen) atoms. The van der Waals surface area contributed by atoms with Crippen LogP contribution < -0.4 is 21.7 Å². The molecule has 4 fully saturated rings. The van der Waals surface area contributed by atoms with Gasteiger partial charge in [-0.2, -0.15) is 0 Å². The van der Waals surface area contributed by atoms with Crippen LogP contribution in [0.1, 0.15) is 92.4 Å². The van der Waals surface area contributed by atoms with Gasteiger partial charge in [-0.15, -0.1) is 0 Å². The van der Waals surface area contributed by atoms with Crippen LogP contribution in [0, 0.1) is 34.5 Å². The highest BCUT2D eigenvalue weighted by atomic mass is 16.5. The van der Waals surface area contributed by atoms with Crippen LogP contribution in [0.3, 0.4) is 0 Å². The number of primary amides is 1. The van der Waals surface area contributed by atoms with Gasteiger partial charge in [-0.3, -0.25) is 19.2 Å². The Morgan fingerprint density at radius 1 is 0.953 bits per heavy atom. The number of ether oxygens (including phenoxy) is 1. The van der Waals surface area contributed by atoms with Gasteiger partial charge in [-0.1, -0.05) is 73.1 Å². The lowest BCUT2D eigenvalue weighted by atomic mass is 9.70. The molecule has 11 heteroatoms. The van der Waals surface area contributed by atoms with E-state index in [1.54, 1.807) is 12.0 Å². The minimum Gasteiger partial charge on any atom is -0.383 e. The number of nitrogens with two attached hydrogens (primary N) is 1. The van der Waals surface area contributed by atoms with Crippen molar-refractivity contribution in [1.82, 2.24) is 20.9 Å². The zero-order valence-electron chi connectivity index (χ0n) is 26.9. The van der Waals surface area contributed by atoms with E-state index in [1.807, 2.05) is 13.8 Å². The molecule has 4 rings (SSSR count). The van der Waals surface area contributed by atoms with Crippen molar-refractivity contribution in [3.8, 4) is 0 Å². The van der Waals surface area contributed by atoms with Crippen molar-refractivity contribution in [2.45, 2.75) is 117 Å². The SMILES string of the molecule is COC[C@@H](NC(=O)N[C@H](C(=O)N1C[C@H]2[C@@H](C1C(=O)NC(CC1CCC1)C(=O)C(N)=O)C2(C)C)C1(C)CCCCC1)C(C)C. The van der Waals surface area contributed by atoms with Crippen LogP contribution in [0.4, 0.5) is 4.79 Å². The predicted octanol–water partition coefficient (Wildman–Crippen LogP) is 2.51. The number of piperidine rings is 1. The molecular weight excluding hydrogens is 550 g/mol. The van der Waals surface area contributed by atoms with Crippen LogP contribution in [0.25, 0.3) is 0 Å². The van der Waals surface area contributed by atoms with Gasteiger partial charge < -0.3 is 31.3 Å². The molecule has 4 aliphatic rings. The fraction of sp³-hybridized carbons (Fsp3) is 0.844. The Morgan fingerprint density at radius 2 is 1.60 bits per heavy atom. The van der Waals surface area contributed by atoms with Gasteiger partial charge in [0.25, 0.3) is 5.91 Å². The third-order valence-electron chi connectivity index (χ3n) is 11.1. The van der Waals surface area contributed by atoms with Crippen LogP contribution in [0.2, 0.25) is 0 Å². The quantitative estimate of drug-likeness (QED) is 0.237. The molecule has 0 aromatic heterocycles. The lowest BCUT2D eigenvalue weighted by Gasteiger charge is -2.43. The largest absolute Gasteiger partial charge is 0.383 e. The summed E-state index contributed by atoms with van der Waals surface area (Å²) in [6.07, 6.45) is 7.89. The number of fused-ring (bicyclic) bond motifs is 1. The summed E-state index contributed by atoms with van der Waals surface area (Å²) in [4.78, 5) is 68.1. The molecular formula is C32H53N5O6. The van der Waals surface area contributed by atoms with Gasteiger partial charge in [0.05, 0.1) is 18.7 Å². The number of nitrogens with one attached hydrogen (secondary N) is 3. The van der Waals surface area contributed by atoms with Crippen molar-refractivity contribution in [1.29, 1.82) is 0 Å². The van der Waals surface area contributed by atoms with Crippen LogP contribution in [0.5, 0.6) is 0 Å². The van der Waals surface area contributed by atoms with E-state index in [2.05, 4.69) is 36.7 Å². The number of carbonyl (C=O) groups excluding carboxylic acids is 5. The maximum Gasteiger partial charge on any atom is 0.315 e. The van der Waals surface area contributed by atoms with E-state index in [9.17, 15) is 24.0 Å². The van der Waals surface area contributed by atoms with E-state index >= 15 is 0 Å². The Bertz CT molecular complexity index is 1080. The number of methoxy groups -OCH3 is 1. The van der Waals surface area contributed by atoms with Gasteiger partial charge in [0.2, 0.25) is 17.6 Å². The summed E-state index contributed by atoms with van der Waals surface area (Å²) in [5, 5.41) is 8.86. The van der Waals surface area contributed by atoms with Crippen molar-refractivity contribution < 1.29 is 28.7 Å². The first-order valence-electron chi connectivity index (χ1n) is 16.2. The fourth-order valence-electron chi connectivity index (χ4n) is 7.80. The van der Waals surface area contributed by atoms with E-state index in [-0.39, 0.29) is 41.0 Å². The van der Waals surface area contributed by atoms with Crippen LogP contribution in [0.15, 0.2) is 0 Å². The summed E-state index contributed by atoms with van der Waals surface area (Å²) in [6.45, 7) is 11.0. The number of ketones is 1. The summed E-state index contributed by atoms with van der Waals surface area (Å²) < 4.78 is 5.30. The lowest BCUT2D eigenvalue weighted by molar-refractivity contribution is -0.146. The number of likely N-dealkylation sites (tertiary alicyclic amines) is 1. The topological polar surface area (TPSA) is 160 Å². The zero-order chi connectivity index (χ0) is 31.7. The molecule has 1 aliphatic heterocycles. The van der Waals surface area contributed by atoms with Crippen molar-refractivity contribution >= 4 is 29.5 Å². The van der Waals surface area contributed by atoms with E-state index in [0.29, 0.717) is 19.6 Å². The molecule has 0 spiro atoms. The highest BCUT2D eigenvalue weighted by Crippen LogP contribution is 2.65. The van der Waals surface area contributed by atoms with Gasteiger partial charge in [-0.25, -0.2) is 4.79 Å². The number of hydrogen-bond acceptors (Lipinski definition) is 6. The Balaban J connectivity index is 1.58. The number of Topliss-reactive ketones (excluding diaryl/α,β-unsaturated/α-hetero) is 1. The maximum atomic E-state index is 14.5. The van der Waals surface area contributed by atoms with E-state index in [1.165, 1.54) is 0 Å². The summed E-state index contributed by atoms with van der Waals surface area (Å²) in [7, 11) is 1.59. The number of amides is 5. The number of urea groups is 1. The predicted molar refractivity (Wildman–Crippen MR) is 162 cm³/mol. The molecule has 0 bridgehead atoms. The molecule has 2 unspecified atom stereocenters. The summed E-state index contributed by atoms with van der Waals surface area (Å²) in [6, 6.07) is -3.28. The summed E-state index contributed by atoms with van der Waals surface area (Å²) in [5.41, 5.74) is 4.74. The summed E-state index contributed by atoms with van der Waals surface area (Å²) in [5.74, 6) is -2.13. The van der Waals surface area contributed by atoms with Crippen molar-refractivity contribution in [2.24, 2.45) is 40.2 Å². The van der Waals surface area contributed by atoms with Gasteiger partial charge >= 0.3 is 6.03 Å². The van der Waals surface area contributed by atoms with Crippen LogP contribution in [-0.2, 0) is 23.9 Å². The second-order valence-corrected chi connectivity index (χ2v) is 14.8. The zero-order valence-corrected chi connectivity index (χ0v) is 26.9. The minimum atomic E-state index is -1.07. The third-order valence-corrected chi connectivity index (χ3v) is 11.1. The monoisotopic (exact) mass is 603 g/mol. The first-order chi connectivity index (χ1) is 20.2. The molecule has 6 atom stereocenters. The number of carbonyl (C=O) groups is 5. The maximum absolute atomic E-state index is 14.5. The standard InChI is InChI=1S/C32H53N5O6/c1-18(2)22(17-43-6)35-30(42)36-26(32(5)13-8-7-9-14-32)29(41)37-16-20-23(31(20,3)4)24(37)28(40)34-21(25(38)27(33)39)15-19-11-10-12-19/h18-24,26H,7-17H2,1-6H3,(H2,33,39)(H,34,40)(H2,35,36,42)/t20-,21?,22+,23-,24?,26+/m0/s1. The smallest absolute Gasteiger partial charge is 0.315 e. The Morgan fingerprint density at radius 3 is 2.14 bits per heavy atom. The number of nitrogens with zero attached hydrogens (tertiary/aromatic N) is 1. The van der Waals surface area contributed by atoms with Gasteiger partial charge in [0.15, 0.2) is 0 Å². The molecule has 242 valence electrons. The summed E-state index contributed by atoms with van der Waals surface area (Å²) >= 11 is 0. The van der Waals surface area contributed by atoms with Crippen molar-refractivity contribution in [3.63, 3.8) is 0 Å². The van der Waals surface area contributed by atoms with Crippen molar-refractivity contribution in [3.05, 3.63) is 0 Å². The lowest BCUT2D eigenvalue weighted by Crippen LogP contribution is -2.63. The normalized spacial score (nSPS) is 27.7. The van der Waals surface area contributed by atoms with E-state index in [4.69, 9.17) is 10.5 Å². The average Bonchev–Trinajstić information content (AvgIpc) is 3.24. The second-order valence-electron chi connectivity index (χ2n) is 14.8. The Labute approximate surface area is 256 Å². The highest BCUT2D eigenvalue weighted by molar-refractivity contribution is 6.37.